The summed E-state index contributed by atoms with van der Waals surface area (Å²) in [4.78, 5) is 1.42. The molecule has 0 bridgehead atoms. The van der Waals surface area contributed by atoms with E-state index < -0.39 is 0 Å². The molecule has 1 N–H and O–H groups in total. The van der Waals surface area contributed by atoms with E-state index in [1.165, 1.54) is 15.3 Å². The third kappa shape index (κ3) is 2.40. The Morgan fingerprint density at radius 2 is 2.11 bits per heavy atom. The summed E-state index contributed by atoms with van der Waals surface area (Å²) in [5.41, 5.74) is 1.08. The predicted molar refractivity (Wildman–Crippen MR) is 80.7 cm³/mol. The summed E-state index contributed by atoms with van der Waals surface area (Å²) in [6, 6.07) is 13.0. The number of benzene rings is 1. The maximum Gasteiger partial charge on any atom is 0.117 e. The Hall–Kier alpha value is -1.39. The molecule has 0 spiro atoms. The van der Waals surface area contributed by atoms with E-state index in [0.717, 1.165) is 11.9 Å². The molecule has 0 saturated carbocycles. The highest BCUT2D eigenvalue weighted by Gasteiger charge is 2.09. The molecule has 1 aromatic carbocycles. The molecule has 0 aliphatic rings. The molecule has 1 unspecified atom stereocenters. The topological polar surface area (TPSA) is 24.9 Å². The molecule has 3 aromatic rings. The molecular weight excluding hydrogens is 260 g/mol. The van der Waals surface area contributed by atoms with Crippen LogP contribution in [0, 0.1) is 0 Å². The molecule has 0 aliphatic carbocycles. The van der Waals surface area contributed by atoms with Gasteiger partial charge >= 0.3 is 0 Å². The van der Waals surface area contributed by atoms with Crippen LogP contribution in [0.15, 0.2) is 41.8 Å². The lowest BCUT2D eigenvalue weighted by Gasteiger charge is -2.12. The molecule has 0 fully saturated rings. The van der Waals surface area contributed by atoms with Crippen LogP contribution in [0.5, 0.6) is 0 Å². The molecule has 2 heterocycles. The number of thiophene rings is 1. The summed E-state index contributed by atoms with van der Waals surface area (Å²) in [5, 5.41) is 8.09. The first-order valence-electron chi connectivity index (χ1n) is 5.96. The van der Waals surface area contributed by atoms with Crippen LogP contribution >= 0.6 is 22.9 Å². The first-order chi connectivity index (χ1) is 8.83. The molecule has 0 saturated heterocycles. The number of hydrogen-bond donors (Lipinski definition) is 1. The van der Waals surface area contributed by atoms with Gasteiger partial charge in [-0.3, -0.25) is 0 Å². The van der Waals surface area contributed by atoms with E-state index in [2.05, 4.69) is 52.3 Å². The van der Waals surface area contributed by atoms with Crippen molar-refractivity contribution in [3.63, 3.8) is 0 Å². The van der Waals surface area contributed by atoms with Gasteiger partial charge in [-0.15, -0.1) is 11.3 Å². The van der Waals surface area contributed by atoms with Crippen LogP contribution in [0.25, 0.3) is 10.9 Å². The fourth-order valence-corrected chi connectivity index (χ4v) is 3.71. The molecule has 92 valence electrons. The Labute approximate surface area is 114 Å². The van der Waals surface area contributed by atoms with Gasteiger partial charge in [0.1, 0.15) is 5.00 Å². The molecule has 18 heavy (non-hydrogen) atoms. The lowest BCUT2D eigenvalue weighted by atomic mass is 10.2. The van der Waals surface area contributed by atoms with Gasteiger partial charge in [-0.25, -0.2) is 0 Å². The van der Waals surface area contributed by atoms with Gasteiger partial charge in [0.25, 0.3) is 0 Å². The van der Waals surface area contributed by atoms with Gasteiger partial charge in [0, 0.05) is 22.7 Å². The number of hydrogen-bond acceptors (Lipinski definition) is 4. The zero-order chi connectivity index (χ0) is 12.4. The van der Waals surface area contributed by atoms with Gasteiger partial charge in [0.05, 0.1) is 5.52 Å². The van der Waals surface area contributed by atoms with Crippen molar-refractivity contribution in [2.24, 2.45) is 0 Å². The van der Waals surface area contributed by atoms with Crippen LogP contribution in [0.4, 0.5) is 5.00 Å². The smallest absolute Gasteiger partial charge is 0.117 e. The highest BCUT2D eigenvalue weighted by atomic mass is 32.1. The SMILES string of the molecule is CC(Cc1cccs1)Nc1snc2ccccc12. The summed E-state index contributed by atoms with van der Waals surface area (Å²) >= 11 is 3.36. The zero-order valence-electron chi connectivity index (χ0n) is 10.1. The molecule has 4 heteroatoms. The molecule has 3 rings (SSSR count). The van der Waals surface area contributed by atoms with Crippen LogP contribution in [0.3, 0.4) is 0 Å². The second-order valence-electron chi connectivity index (χ2n) is 4.36. The van der Waals surface area contributed by atoms with Gasteiger partial charge in [0.15, 0.2) is 0 Å². The third-order valence-electron chi connectivity index (χ3n) is 2.85. The monoisotopic (exact) mass is 274 g/mol. The molecular formula is C14H14N2S2. The van der Waals surface area contributed by atoms with Gasteiger partial charge in [-0.2, -0.15) is 4.37 Å². The lowest BCUT2D eigenvalue weighted by Crippen LogP contribution is -2.16. The molecule has 0 amide bonds. The summed E-state index contributed by atoms with van der Waals surface area (Å²) in [7, 11) is 0. The van der Waals surface area contributed by atoms with Crippen LogP contribution in [-0.4, -0.2) is 10.4 Å². The normalized spacial score (nSPS) is 12.7. The highest BCUT2D eigenvalue weighted by Crippen LogP contribution is 2.28. The standard InChI is InChI=1S/C14H14N2S2/c1-10(9-11-5-4-8-17-11)15-14-12-6-2-3-7-13(12)16-18-14/h2-8,10,15H,9H2,1H3. The molecule has 2 nitrogen and oxygen atoms in total. The molecule has 2 aromatic heterocycles. The van der Waals surface area contributed by atoms with E-state index in [4.69, 9.17) is 0 Å². The number of fused-ring (bicyclic) bond motifs is 1. The Morgan fingerprint density at radius 1 is 1.22 bits per heavy atom. The maximum absolute atomic E-state index is 4.45. The van der Waals surface area contributed by atoms with Crippen molar-refractivity contribution in [3.8, 4) is 0 Å². The Morgan fingerprint density at radius 3 is 2.94 bits per heavy atom. The van der Waals surface area contributed by atoms with Crippen LogP contribution in [-0.2, 0) is 6.42 Å². The van der Waals surface area contributed by atoms with Crippen LogP contribution < -0.4 is 5.32 Å². The van der Waals surface area contributed by atoms with Gasteiger partial charge in [-0.1, -0.05) is 18.2 Å². The van der Waals surface area contributed by atoms with Crippen molar-refractivity contribution in [3.05, 3.63) is 46.7 Å². The van der Waals surface area contributed by atoms with E-state index in [0.29, 0.717) is 6.04 Å². The molecule has 0 radical (unpaired) electrons. The second kappa shape index (κ2) is 5.08. The van der Waals surface area contributed by atoms with E-state index in [1.807, 2.05) is 17.4 Å². The Kier molecular flexibility index (Phi) is 3.30. The zero-order valence-corrected chi connectivity index (χ0v) is 11.7. The number of nitrogens with zero attached hydrogens (tertiary/aromatic N) is 1. The van der Waals surface area contributed by atoms with Gasteiger partial charge < -0.3 is 5.32 Å². The van der Waals surface area contributed by atoms with Crippen molar-refractivity contribution in [1.82, 2.24) is 4.37 Å². The van der Waals surface area contributed by atoms with Gasteiger partial charge in [-0.05, 0) is 42.0 Å². The van der Waals surface area contributed by atoms with E-state index in [9.17, 15) is 0 Å². The maximum atomic E-state index is 4.45. The first-order valence-corrected chi connectivity index (χ1v) is 7.61. The fraction of sp³-hybridized carbons (Fsp3) is 0.214. The van der Waals surface area contributed by atoms with Crippen LogP contribution in [0.1, 0.15) is 11.8 Å². The fourth-order valence-electron chi connectivity index (χ4n) is 2.00. The first kappa shape index (κ1) is 11.7. The van der Waals surface area contributed by atoms with E-state index >= 15 is 0 Å². The highest BCUT2D eigenvalue weighted by molar-refractivity contribution is 7.11. The summed E-state index contributed by atoms with van der Waals surface area (Å²) < 4.78 is 4.45. The van der Waals surface area contributed by atoms with Crippen molar-refractivity contribution in [2.45, 2.75) is 19.4 Å². The minimum atomic E-state index is 0.424. The minimum Gasteiger partial charge on any atom is -0.372 e. The van der Waals surface area contributed by atoms with Crippen molar-refractivity contribution >= 4 is 38.8 Å². The van der Waals surface area contributed by atoms with E-state index in [1.54, 1.807) is 11.5 Å². The third-order valence-corrected chi connectivity index (χ3v) is 4.56. The molecule has 1 atom stereocenters. The largest absolute Gasteiger partial charge is 0.372 e. The minimum absolute atomic E-state index is 0.424. The average Bonchev–Trinajstić information content (AvgIpc) is 3.00. The van der Waals surface area contributed by atoms with E-state index in [-0.39, 0.29) is 0 Å². The predicted octanol–water partition coefficient (Wildman–Crippen LogP) is 4.40. The quantitative estimate of drug-likeness (QED) is 0.762. The van der Waals surface area contributed by atoms with Crippen LogP contribution in [0.2, 0.25) is 0 Å². The summed E-state index contributed by atoms with van der Waals surface area (Å²) in [5.74, 6) is 0. The van der Waals surface area contributed by atoms with Crippen molar-refractivity contribution < 1.29 is 0 Å². The summed E-state index contributed by atoms with van der Waals surface area (Å²) in [6.45, 7) is 2.22. The summed E-state index contributed by atoms with van der Waals surface area (Å²) in [6.07, 6.45) is 1.06. The number of aromatic nitrogens is 1. The van der Waals surface area contributed by atoms with Crippen molar-refractivity contribution in [2.75, 3.05) is 5.32 Å². The molecule has 0 aliphatic heterocycles. The van der Waals surface area contributed by atoms with Gasteiger partial charge in [0.2, 0.25) is 0 Å². The second-order valence-corrected chi connectivity index (χ2v) is 6.16. The van der Waals surface area contributed by atoms with Crippen molar-refractivity contribution in [1.29, 1.82) is 0 Å². The Balaban J connectivity index is 1.76. The number of nitrogens with one attached hydrogen (secondary N) is 1. The number of anilines is 1. The number of rotatable bonds is 4. The lowest BCUT2D eigenvalue weighted by molar-refractivity contribution is 0.805. The average molecular weight is 274 g/mol. The Bertz CT molecular complexity index is 628.